The summed E-state index contributed by atoms with van der Waals surface area (Å²) < 4.78 is 11.0. The maximum absolute atomic E-state index is 12.2. The van der Waals surface area contributed by atoms with E-state index in [1.165, 1.54) is 57.8 Å². The van der Waals surface area contributed by atoms with Crippen LogP contribution < -0.4 is 9.47 Å². The van der Waals surface area contributed by atoms with E-state index in [1.54, 1.807) is 24.3 Å². The largest absolute Gasteiger partial charge is 0.423 e. The average Bonchev–Trinajstić information content (AvgIpc) is 2.75. The van der Waals surface area contributed by atoms with E-state index < -0.39 is 0 Å². The number of unbranched alkanes of at least 4 members (excludes halogenated alkanes) is 11. The van der Waals surface area contributed by atoms with Crippen molar-refractivity contribution in [2.45, 2.75) is 130 Å². The van der Waals surface area contributed by atoms with Crippen LogP contribution >= 0.6 is 0 Å². The molecule has 33 heavy (non-hydrogen) atoms. The molecule has 0 aliphatic carbocycles. The molecule has 0 amide bonds. The molecule has 0 aromatic heterocycles. The topological polar surface area (TPSA) is 52.6 Å². The lowest BCUT2D eigenvalue weighted by Crippen LogP contribution is -2.12. The van der Waals surface area contributed by atoms with Crippen LogP contribution in [0.3, 0.4) is 0 Å². The molecule has 188 valence electrons. The highest BCUT2D eigenvalue weighted by atomic mass is 16.6. The summed E-state index contributed by atoms with van der Waals surface area (Å²) in [6, 6.07) is 6.94. The van der Waals surface area contributed by atoms with Gasteiger partial charge in [0.15, 0.2) is 11.5 Å². The molecule has 0 saturated carbocycles. The molecule has 4 heteroatoms. The number of benzene rings is 1. The monoisotopic (exact) mass is 460 g/mol. The Hall–Kier alpha value is -1.84. The lowest BCUT2D eigenvalue weighted by molar-refractivity contribution is -0.137. The molecule has 0 saturated heterocycles. The van der Waals surface area contributed by atoms with Crippen LogP contribution in [0.15, 0.2) is 24.3 Å². The maximum Gasteiger partial charge on any atom is 0.311 e. The zero-order chi connectivity index (χ0) is 24.4. The standard InChI is InChI=1S/C29H48O4/c1-5-6-7-8-9-10-12-15-22-27(30)32-25-20-17-18-21-26(25)33-28(31)23-16-13-11-14-19-24-29(2,3)4/h17-18,20-21H,5-16,19,22-24H2,1-4H3. The first-order chi connectivity index (χ1) is 15.8. The highest BCUT2D eigenvalue weighted by Crippen LogP contribution is 2.28. The summed E-state index contributed by atoms with van der Waals surface area (Å²) in [5.41, 5.74) is 0.397. The predicted molar refractivity (Wildman–Crippen MR) is 137 cm³/mol. The Bertz CT molecular complexity index is 660. The van der Waals surface area contributed by atoms with Gasteiger partial charge in [0.25, 0.3) is 0 Å². The van der Waals surface area contributed by atoms with Crippen LogP contribution in [0.4, 0.5) is 0 Å². The molecule has 1 rings (SSSR count). The van der Waals surface area contributed by atoms with Gasteiger partial charge in [-0.2, -0.15) is 0 Å². The second kappa shape index (κ2) is 17.6. The molecule has 0 spiro atoms. The fraction of sp³-hybridized carbons (Fsp3) is 0.724. The Balaban J connectivity index is 2.24. The predicted octanol–water partition coefficient (Wildman–Crippen LogP) is 8.81. The van der Waals surface area contributed by atoms with Crippen molar-refractivity contribution >= 4 is 11.9 Å². The van der Waals surface area contributed by atoms with Gasteiger partial charge in [0, 0.05) is 12.8 Å². The molecule has 1 aromatic rings. The first-order valence-electron chi connectivity index (χ1n) is 13.3. The maximum atomic E-state index is 12.2. The molecule has 0 radical (unpaired) electrons. The Morgan fingerprint density at radius 2 is 1.03 bits per heavy atom. The number of ether oxygens (including phenoxy) is 2. The summed E-state index contributed by atoms with van der Waals surface area (Å²) in [5, 5.41) is 0. The number of para-hydroxylation sites is 2. The van der Waals surface area contributed by atoms with Gasteiger partial charge in [-0.25, -0.2) is 0 Å². The van der Waals surface area contributed by atoms with E-state index in [1.807, 2.05) is 0 Å². The Morgan fingerprint density at radius 1 is 0.636 bits per heavy atom. The minimum absolute atomic E-state index is 0.264. The molecule has 1 aromatic carbocycles. The van der Waals surface area contributed by atoms with Gasteiger partial charge in [0.1, 0.15) is 0 Å². The van der Waals surface area contributed by atoms with Gasteiger partial charge in [-0.05, 0) is 36.8 Å². The molecular weight excluding hydrogens is 412 g/mol. The fourth-order valence-corrected chi connectivity index (χ4v) is 3.82. The van der Waals surface area contributed by atoms with E-state index >= 15 is 0 Å². The van der Waals surface area contributed by atoms with Crippen molar-refractivity contribution in [3.63, 3.8) is 0 Å². The second-order valence-corrected chi connectivity index (χ2v) is 10.4. The van der Waals surface area contributed by atoms with Crippen LogP contribution in [-0.4, -0.2) is 11.9 Å². The summed E-state index contributed by atoms with van der Waals surface area (Å²) >= 11 is 0. The molecule has 0 fully saturated rings. The molecular formula is C29H48O4. The van der Waals surface area contributed by atoms with Crippen molar-refractivity contribution < 1.29 is 19.1 Å². The third-order valence-corrected chi connectivity index (χ3v) is 5.84. The van der Waals surface area contributed by atoms with E-state index in [4.69, 9.17) is 9.47 Å². The quantitative estimate of drug-likeness (QED) is 0.125. The van der Waals surface area contributed by atoms with E-state index in [-0.39, 0.29) is 11.9 Å². The number of rotatable bonds is 18. The SMILES string of the molecule is CCCCCCCCCCC(=O)Oc1ccccc1OC(=O)CCCCCCCC(C)(C)C. The van der Waals surface area contributed by atoms with Gasteiger partial charge in [0.05, 0.1) is 0 Å². The van der Waals surface area contributed by atoms with E-state index in [0.29, 0.717) is 29.8 Å². The number of carbonyl (C=O) groups excluding carboxylic acids is 2. The first kappa shape index (κ1) is 29.2. The molecule has 0 bridgehead atoms. The number of esters is 2. The summed E-state index contributed by atoms with van der Waals surface area (Å²) in [7, 11) is 0. The highest BCUT2D eigenvalue weighted by Gasteiger charge is 2.13. The summed E-state index contributed by atoms with van der Waals surface area (Å²) in [4.78, 5) is 24.5. The zero-order valence-corrected chi connectivity index (χ0v) is 21.8. The molecule has 0 atom stereocenters. The van der Waals surface area contributed by atoms with Gasteiger partial charge >= 0.3 is 11.9 Å². The van der Waals surface area contributed by atoms with Crippen LogP contribution in [0.25, 0.3) is 0 Å². The van der Waals surface area contributed by atoms with Crippen molar-refractivity contribution in [1.82, 2.24) is 0 Å². The molecule has 0 aliphatic rings. The van der Waals surface area contributed by atoms with Gasteiger partial charge in [0.2, 0.25) is 0 Å². The normalized spacial score (nSPS) is 11.4. The summed E-state index contributed by atoms with van der Waals surface area (Å²) in [6.07, 6.45) is 17.0. The van der Waals surface area contributed by atoms with Crippen LogP contribution in [-0.2, 0) is 9.59 Å². The third kappa shape index (κ3) is 16.4. The fourth-order valence-electron chi connectivity index (χ4n) is 3.82. The third-order valence-electron chi connectivity index (χ3n) is 5.84. The number of carbonyl (C=O) groups is 2. The minimum Gasteiger partial charge on any atom is -0.423 e. The van der Waals surface area contributed by atoms with Crippen LogP contribution in [0.5, 0.6) is 11.5 Å². The van der Waals surface area contributed by atoms with Crippen LogP contribution in [0.1, 0.15) is 130 Å². The minimum atomic E-state index is -0.267. The molecule has 0 aliphatic heterocycles. The average molecular weight is 461 g/mol. The van der Waals surface area contributed by atoms with E-state index in [0.717, 1.165) is 32.1 Å². The van der Waals surface area contributed by atoms with Gasteiger partial charge < -0.3 is 9.47 Å². The van der Waals surface area contributed by atoms with Crippen molar-refractivity contribution in [2.24, 2.45) is 5.41 Å². The lowest BCUT2D eigenvalue weighted by atomic mass is 9.89. The van der Waals surface area contributed by atoms with Gasteiger partial charge in [-0.1, -0.05) is 110 Å². The molecule has 4 nitrogen and oxygen atoms in total. The molecule has 0 N–H and O–H groups in total. The lowest BCUT2D eigenvalue weighted by Gasteiger charge is -2.17. The second-order valence-electron chi connectivity index (χ2n) is 10.4. The van der Waals surface area contributed by atoms with Crippen molar-refractivity contribution in [2.75, 3.05) is 0 Å². The Morgan fingerprint density at radius 3 is 1.45 bits per heavy atom. The Kier molecular flexibility index (Phi) is 15.6. The summed E-state index contributed by atoms with van der Waals surface area (Å²) in [6.45, 7) is 9.04. The van der Waals surface area contributed by atoms with Crippen molar-refractivity contribution in [3.8, 4) is 11.5 Å². The van der Waals surface area contributed by atoms with Crippen molar-refractivity contribution in [3.05, 3.63) is 24.3 Å². The Labute approximate surface area is 202 Å². The highest BCUT2D eigenvalue weighted by molar-refractivity contribution is 5.76. The van der Waals surface area contributed by atoms with Gasteiger partial charge in [-0.3, -0.25) is 9.59 Å². The van der Waals surface area contributed by atoms with Gasteiger partial charge in [-0.15, -0.1) is 0 Å². The van der Waals surface area contributed by atoms with Crippen LogP contribution in [0, 0.1) is 5.41 Å². The summed E-state index contributed by atoms with van der Waals surface area (Å²) in [5.74, 6) is 0.130. The molecule has 0 heterocycles. The smallest absolute Gasteiger partial charge is 0.311 e. The molecule has 0 unspecified atom stereocenters. The van der Waals surface area contributed by atoms with Crippen LogP contribution in [0.2, 0.25) is 0 Å². The van der Waals surface area contributed by atoms with E-state index in [9.17, 15) is 9.59 Å². The number of hydrogen-bond acceptors (Lipinski definition) is 4. The zero-order valence-electron chi connectivity index (χ0n) is 21.8. The van der Waals surface area contributed by atoms with Crippen molar-refractivity contribution in [1.29, 1.82) is 0 Å². The van der Waals surface area contributed by atoms with E-state index in [2.05, 4.69) is 27.7 Å². The first-order valence-corrected chi connectivity index (χ1v) is 13.3. The number of hydrogen-bond donors (Lipinski definition) is 0.